The van der Waals surface area contributed by atoms with Crippen molar-refractivity contribution >= 4 is 39.2 Å². The van der Waals surface area contributed by atoms with E-state index >= 15 is 0 Å². The molecule has 0 aromatic heterocycles. The number of ether oxygens (including phenoxy) is 2. The number of carbonyl (C=O) groups excluding carboxylic acids is 2. The van der Waals surface area contributed by atoms with Gasteiger partial charge in [0.2, 0.25) is 0 Å². The Kier molecular flexibility index (Phi) is 9.39. The number of fused-ring (bicyclic) bond motifs is 1. The van der Waals surface area contributed by atoms with Crippen LogP contribution in [0.15, 0.2) is 71.6 Å². The van der Waals surface area contributed by atoms with E-state index in [9.17, 15) is 18.0 Å². The first-order valence-electron chi connectivity index (χ1n) is 15.9. The van der Waals surface area contributed by atoms with E-state index in [1.54, 1.807) is 35.2 Å². The Labute approximate surface area is 281 Å². The lowest BCUT2D eigenvalue weighted by Gasteiger charge is -2.43. The Hall–Kier alpha value is -3.84. The van der Waals surface area contributed by atoms with Crippen LogP contribution in [0.5, 0.6) is 11.5 Å². The van der Waals surface area contributed by atoms with Gasteiger partial charge in [-0.2, -0.15) is 4.31 Å². The van der Waals surface area contributed by atoms with Crippen molar-refractivity contribution in [2.45, 2.75) is 36.2 Å². The average Bonchev–Trinajstić information content (AvgIpc) is 3.33. The Bertz CT molecular complexity index is 1740. The lowest BCUT2D eigenvalue weighted by Crippen LogP contribution is -2.61. The normalized spacial score (nSPS) is 21.1. The van der Waals surface area contributed by atoms with Crippen LogP contribution in [0.4, 0.5) is 10.5 Å². The van der Waals surface area contributed by atoms with Gasteiger partial charge in [0.05, 0.1) is 24.3 Å². The van der Waals surface area contributed by atoms with Crippen LogP contribution in [0.25, 0.3) is 0 Å². The fraction of sp³-hybridized carbons (Fsp3) is 0.412. The zero-order valence-electron chi connectivity index (χ0n) is 26.8. The maximum atomic E-state index is 15.0. The number of methoxy groups -OCH3 is 1. The first-order chi connectivity index (χ1) is 22.6. The standard InChI is InChI=1S/C34H40ClN5O6S/c1-4-46-31-8-6-5-7-28(31)34(36-33(42)39-21-19-38(20-22-39)25-15-17-37(2)18-16-25)29-23-24(35)9-14-30(29)40(32(34)41)47(43,44)27-12-10-26(45-3)11-13-27/h5-14,23,25H,4,15-22H2,1-3H3,(H,36,42). The van der Waals surface area contributed by atoms with Gasteiger partial charge in [-0.05, 0) is 88.4 Å². The number of piperazine rings is 1. The summed E-state index contributed by atoms with van der Waals surface area (Å²) in [6, 6.07) is 17.2. The number of nitrogens with one attached hydrogen (secondary N) is 1. The van der Waals surface area contributed by atoms with Gasteiger partial charge in [0, 0.05) is 48.4 Å². The zero-order valence-corrected chi connectivity index (χ0v) is 28.4. The molecule has 3 aliphatic heterocycles. The third-order valence-electron chi connectivity index (χ3n) is 9.38. The maximum absolute atomic E-state index is 15.0. The van der Waals surface area contributed by atoms with Gasteiger partial charge in [-0.15, -0.1) is 0 Å². The van der Waals surface area contributed by atoms with Crippen molar-refractivity contribution in [3.63, 3.8) is 0 Å². The van der Waals surface area contributed by atoms with E-state index in [1.165, 1.54) is 43.5 Å². The zero-order chi connectivity index (χ0) is 33.3. The lowest BCUT2D eigenvalue weighted by atomic mass is 9.83. The summed E-state index contributed by atoms with van der Waals surface area (Å²) in [5, 5.41) is 3.31. The van der Waals surface area contributed by atoms with Crippen molar-refractivity contribution in [1.82, 2.24) is 20.0 Å². The molecular weight excluding hydrogens is 642 g/mol. The van der Waals surface area contributed by atoms with Crippen molar-refractivity contribution in [2.24, 2.45) is 0 Å². The molecule has 1 atom stereocenters. The topological polar surface area (TPSA) is 112 Å². The highest BCUT2D eigenvalue weighted by Gasteiger charge is 2.58. The van der Waals surface area contributed by atoms with Crippen molar-refractivity contribution in [3.05, 3.63) is 82.9 Å². The molecule has 1 N–H and O–H groups in total. The molecule has 3 aromatic carbocycles. The number of para-hydroxylation sites is 1. The van der Waals surface area contributed by atoms with Crippen LogP contribution in [0.1, 0.15) is 30.9 Å². The minimum Gasteiger partial charge on any atom is -0.497 e. The molecule has 3 aromatic rings. The van der Waals surface area contributed by atoms with Gasteiger partial charge in [-0.3, -0.25) is 9.69 Å². The molecule has 0 spiro atoms. The Balaban J connectivity index is 1.41. The summed E-state index contributed by atoms with van der Waals surface area (Å²) in [4.78, 5) is 35.6. The van der Waals surface area contributed by atoms with Crippen LogP contribution in [-0.2, 0) is 20.4 Å². The maximum Gasteiger partial charge on any atom is 0.318 e. The summed E-state index contributed by atoms with van der Waals surface area (Å²) >= 11 is 6.53. The predicted molar refractivity (Wildman–Crippen MR) is 180 cm³/mol. The molecule has 2 fully saturated rings. The number of urea groups is 1. The third kappa shape index (κ3) is 6.03. The molecule has 1 unspecified atom stereocenters. The fourth-order valence-corrected chi connectivity index (χ4v) is 8.49. The number of nitrogens with zero attached hydrogens (tertiary/aromatic N) is 4. The van der Waals surface area contributed by atoms with Crippen LogP contribution < -0.4 is 19.1 Å². The number of sulfonamides is 1. The predicted octanol–water partition coefficient (Wildman–Crippen LogP) is 4.15. The van der Waals surface area contributed by atoms with Gasteiger partial charge < -0.3 is 24.6 Å². The summed E-state index contributed by atoms with van der Waals surface area (Å²) in [6.45, 7) is 6.53. The molecule has 3 amide bonds. The molecule has 47 heavy (non-hydrogen) atoms. The van der Waals surface area contributed by atoms with E-state index < -0.39 is 27.5 Å². The fourth-order valence-electron chi connectivity index (χ4n) is 6.85. The van der Waals surface area contributed by atoms with Crippen molar-refractivity contribution in [2.75, 3.05) is 64.3 Å². The molecule has 0 aliphatic carbocycles. The molecule has 0 saturated carbocycles. The van der Waals surface area contributed by atoms with Gasteiger partial charge in [0.1, 0.15) is 11.5 Å². The summed E-state index contributed by atoms with van der Waals surface area (Å²) in [7, 11) is -0.841. The Morgan fingerprint density at radius 2 is 1.64 bits per heavy atom. The number of hydrogen-bond acceptors (Lipinski definition) is 8. The second-order valence-corrected chi connectivity index (χ2v) is 14.3. The molecule has 13 heteroatoms. The molecule has 0 radical (unpaired) electrons. The minimum atomic E-state index is -4.46. The second-order valence-electron chi connectivity index (χ2n) is 12.1. The van der Waals surface area contributed by atoms with Crippen LogP contribution in [0.3, 0.4) is 0 Å². The largest absolute Gasteiger partial charge is 0.497 e. The van der Waals surface area contributed by atoms with Crippen LogP contribution in [0, 0.1) is 0 Å². The van der Waals surface area contributed by atoms with Gasteiger partial charge in [0.25, 0.3) is 15.9 Å². The van der Waals surface area contributed by atoms with Gasteiger partial charge >= 0.3 is 6.03 Å². The lowest BCUT2D eigenvalue weighted by molar-refractivity contribution is -0.121. The van der Waals surface area contributed by atoms with E-state index in [0.717, 1.165) is 30.2 Å². The van der Waals surface area contributed by atoms with Gasteiger partial charge in [0.15, 0.2) is 5.54 Å². The number of carbonyl (C=O) groups is 2. The summed E-state index contributed by atoms with van der Waals surface area (Å²) in [5.41, 5.74) is -1.33. The third-order valence-corrected chi connectivity index (χ3v) is 11.3. The van der Waals surface area contributed by atoms with Gasteiger partial charge in [-0.1, -0.05) is 29.8 Å². The highest BCUT2D eigenvalue weighted by atomic mass is 35.5. The summed E-state index contributed by atoms with van der Waals surface area (Å²) in [5.74, 6) is -0.0616. The van der Waals surface area contributed by atoms with Crippen LogP contribution in [0.2, 0.25) is 5.02 Å². The smallest absolute Gasteiger partial charge is 0.318 e. The Morgan fingerprint density at radius 1 is 0.957 bits per heavy atom. The van der Waals surface area contributed by atoms with E-state index in [0.29, 0.717) is 49.3 Å². The number of rotatable bonds is 8. The van der Waals surface area contributed by atoms with Gasteiger partial charge in [-0.25, -0.2) is 13.2 Å². The molecule has 2 saturated heterocycles. The summed E-state index contributed by atoms with van der Waals surface area (Å²) < 4.78 is 40.5. The number of benzene rings is 3. The highest BCUT2D eigenvalue weighted by Crippen LogP contribution is 2.50. The number of halogens is 1. The van der Waals surface area contributed by atoms with E-state index in [4.69, 9.17) is 21.1 Å². The first-order valence-corrected chi connectivity index (χ1v) is 17.7. The number of anilines is 1. The monoisotopic (exact) mass is 681 g/mol. The SMILES string of the molecule is CCOc1ccccc1C1(NC(=O)N2CCN(C3CCN(C)CC3)CC2)C(=O)N(S(=O)(=O)c2ccc(OC)cc2)c2ccc(Cl)cc21. The van der Waals surface area contributed by atoms with E-state index in [-0.39, 0.29) is 27.8 Å². The quantitative estimate of drug-likeness (QED) is 0.378. The molecule has 0 bridgehead atoms. The van der Waals surface area contributed by atoms with Crippen molar-refractivity contribution < 1.29 is 27.5 Å². The average molecular weight is 682 g/mol. The first kappa shape index (κ1) is 33.1. The highest BCUT2D eigenvalue weighted by molar-refractivity contribution is 7.93. The van der Waals surface area contributed by atoms with Crippen LogP contribution in [-0.4, -0.2) is 101 Å². The minimum absolute atomic E-state index is 0.0916. The van der Waals surface area contributed by atoms with Crippen LogP contribution >= 0.6 is 11.6 Å². The number of amides is 3. The number of hydrogen-bond donors (Lipinski definition) is 1. The molecule has 250 valence electrons. The van der Waals surface area contributed by atoms with Crippen molar-refractivity contribution in [1.29, 1.82) is 0 Å². The van der Waals surface area contributed by atoms with E-state index in [1.807, 2.05) is 6.92 Å². The summed E-state index contributed by atoms with van der Waals surface area (Å²) in [6.07, 6.45) is 2.18. The van der Waals surface area contributed by atoms with Crippen molar-refractivity contribution in [3.8, 4) is 11.5 Å². The Morgan fingerprint density at radius 3 is 2.30 bits per heavy atom. The van der Waals surface area contributed by atoms with E-state index in [2.05, 4.69) is 22.2 Å². The number of piperidine rings is 1. The molecule has 11 nitrogen and oxygen atoms in total. The molecular formula is C34H40ClN5O6S. The number of likely N-dealkylation sites (tertiary alicyclic amines) is 1. The second kappa shape index (κ2) is 13.3. The molecule has 6 rings (SSSR count). The molecule has 3 heterocycles. The molecule has 3 aliphatic rings.